The third kappa shape index (κ3) is 4.11. The molecule has 0 fully saturated rings. The third-order valence-electron chi connectivity index (χ3n) is 1.53. The topological polar surface area (TPSA) is 59.2 Å². The Bertz CT molecular complexity index is 344. The van der Waals surface area contributed by atoms with Crippen molar-refractivity contribution in [3.8, 4) is 0 Å². The lowest BCUT2D eigenvalue weighted by atomic mass is 10.2. The van der Waals surface area contributed by atoms with Crippen molar-refractivity contribution in [2.24, 2.45) is 5.73 Å². The molecule has 1 aromatic rings. The fourth-order valence-electron chi connectivity index (χ4n) is 0.959. The highest BCUT2D eigenvalue weighted by atomic mass is 35.5. The highest BCUT2D eigenvalue weighted by molar-refractivity contribution is 6.29. The van der Waals surface area contributed by atoms with Crippen LogP contribution in [-0.4, -0.2) is 25.0 Å². The van der Waals surface area contributed by atoms with Gasteiger partial charge in [0.25, 0.3) is 5.91 Å². The van der Waals surface area contributed by atoms with Crippen LogP contribution in [0.3, 0.4) is 0 Å². The molecule has 4 nitrogen and oxygen atoms in total. The Morgan fingerprint density at radius 2 is 1.93 bits per heavy atom. The zero-order chi connectivity index (χ0) is 10.0. The van der Waals surface area contributed by atoms with Crippen molar-refractivity contribution in [2.45, 2.75) is 0 Å². The molecule has 15 heavy (non-hydrogen) atoms. The number of primary amides is 1. The van der Waals surface area contributed by atoms with Gasteiger partial charge in [-0.1, -0.05) is 11.6 Å². The summed E-state index contributed by atoms with van der Waals surface area (Å²) in [6, 6.07) is 3.10. The number of nitrogens with two attached hydrogens (primary N) is 1. The van der Waals surface area contributed by atoms with Crippen LogP contribution < -0.4 is 10.6 Å². The van der Waals surface area contributed by atoms with E-state index in [2.05, 4.69) is 4.98 Å². The molecule has 2 N–H and O–H groups in total. The molecule has 0 spiro atoms. The molecule has 0 aliphatic rings. The first-order chi connectivity index (χ1) is 6.02. The Balaban J connectivity index is 0. The molecule has 86 valence electrons. The molecular weight excluding hydrogens is 260 g/mol. The maximum absolute atomic E-state index is 10.9. The zero-order valence-corrected chi connectivity index (χ0v) is 10.6. The van der Waals surface area contributed by atoms with Crippen molar-refractivity contribution in [2.75, 3.05) is 19.0 Å². The van der Waals surface area contributed by atoms with E-state index in [4.69, 9.17) is 17.3 Å². The monoisotopic (exact) mass is 271 g/mol. The number of anilines is 1. The molecule has 1 heterocycles. The van der Waals surface area contributed by atoms with Gasteiger partial charge in [-0.15, -0.1) is 24.8 Å². The van der Waals surface area contributed by atoms with Crippen LogP contribution in [0.4, 0.5) is 5.82 Å². The van der Waals surface area contributed by atoms with Gasteiger partial charge in [-0.3, -0.25) is 4.79 Å². The second-order valence-electron chi connectivity index (χ2n) is 2.76. The minimum Gasteiger partial charge on any atom is -0.365 e. The Morgan fingerprint density at radius 3 is 2.33 bits per heavy atom. The second kappa shape index (κ2) is 6.71. The first-order valence-corrected chi connectivity index (χ1v) is 4.04. The van der Waals surface area contributed by atoms with Crippen LogP contribution in [-0.2, 0) is 0 Å². The number of carbonyl (C=O) groups is 1. The smallest absolute Gasteiger partial charge is 0.252 e. The van der Waals surface area contributed by atoms with Gasteiger partial charge in [0.1, 0.15) is 11.0 Å². The summed E-state index contributed by atoms with van der Waals surface area (Å²) in [5, 5.41) is 0.341. The Morgan fingerprint density at radius 1 is 1.40 bits per heavy atom. The standard InChI is InChI=1S/C8H10ClN3O.2ClH/c1-12(2)8-5(7(10)13)3-4-6(9)11-8;;/h3-4H,1-2H3,(H2,10,13);2*1H. The lowest BCUT2D eigenvalue weighted by Gasteiger charge is -2.14. The summed E-state index contributed by atoms with van der Waals surface area (Å²) in [5.74, 6) is -0.0205. The number of nitrogens with zero attached hydrogens (tertiary/aromatic N) is 2. The fourth-order valence-corrected chi connectivity index (χ4v) is 1.10. The van der Waals surface area contributed by atoms with Gasteiger partial charge in [-0.25, -0.2) is 4.98 Å². The van der Waals surface area contributed by atoms with E-state index >= 15 is 0 Å². The first kappa shape index (κ1) is 16.7. The van der Waals surface area contributed by atoms with Gasteiger partial charge in [-0.2, -0.15) is 0 Å². The predicted octanol–water partition coefficient (Wildman–Crippen LogP) is 1.74. The molecule has 0 unspecified atom stereocenters. The van der Waals surface area contributed by atoms with Gasteiger partial charge in [0.15, 0.2) is 0 Å². The largest absolute Gasteiger partial charge is 0.365 e. The SMILES string of the molecule is CN(C)c1nc(Cl)ccc1C(N)=O.Cl.Cl. The molecule has 0 bridgehead atoms. The molecule has 0 saturated heterocycles. The lowest BCUT2D eigenvalue weighted by molar-refractivity contribution is 0.100. The number of carbonyl (C=O) groups excluding carboxylic acids is 1. The molecule has 1 rings (SSSR count). The molecule has 0 radical (unpaired) electrons. The Kier molecular flexibility index (Phi) is 7.48. The minimum atomic E-state index is -0.507. The van der Waals surface area contributed by atoms with Crippen molar-refractivity contribution >= 4 is 48.1 Å². The molecule has 0 aliphatic heterocycles. The van der Waals surface area contributed by atoms with Gasteiger partial charge in [0.2, 0.25) is 0 Å². The molecule has 0 aromatic carbocycles. The number of hydrogen-bond acceptors (Lipinski definition) is 3. The molecule has 0 saturated carbocycles. The molecule has 1 aromatic heterocycles. The maximum Gasteiger partial charge on any atom is 0.252 e. The van der Waals surface area contributed by atoms with Crippen molar-refractivity contribution in [3.05, 3.63) is 22.8 Å². The fraction of sp³-hybridized carbons (Fsp3) is 0.250. The summed E-state index contributed by atoms with van der Waals surface area (Å²) < 4.78 is 0. The van der Waals surface area contributed by atoms with Gasteiger partial charge in [0.05, 0.1) is 5.56 Å². The van der Waals surface area contributed by atoms with E-state index in [0.29, 0.717) is 16.5 Å². The first-order valence-electron chi connectivity index (χ1n) is 3.66. The van der Waals surface area contributed by atoms with E-state index in [1.807, 2.05) is 0 Å². The predicted molar refractivity (Wildman–Crippen MR) is 66.6 cm³/mol. The van der Waals surface area contributed by atoms with Crippen LogP contribution in [0.15, 0.2) is 12.1 Å². The van der Waals surface area contributed by atoms with Crippen molar-refractivity contribution in [3.63, 3.8) is 0 Å². The summed E-state index contributed by atoms with van der Waals surface area (Å²) in [4.78, 5) is 16.6. The van der Waals surface area contributed by atoms with Gasteiger partial charge in [0, 0.05) is 14.1 Å². The van der Waals surface area contributed by atoms with Crippen molar-refractivity contribution < 1.29 is 4.79 Å². The zero-order valence-electron chi connectivity index (χ0n) is 8.23. The molecule has 0 atom stereocenters. The van der Waals surface area contributed by atoms with Gasteiger partial charge in [-0.05, 0) is 12.1 Å². The lowest BCUT2D eigenvalue weighted by Crippen LogP contribution is -2.19. The number of amides is 1. The summed E-state index contributed by atoms with van der Waals surface area (Å²) in [6.45, 7) is 0. The van der Waals surface area contributed by atoms with E-state index in [1.54, 1.807) is 25.1 Å². The van der Waals surface area contributed by atoms with E-state index < -0.39 is 5.91 Å². The van der Waals surface area contributed by atoms with E-state index in [-0.39, 0.29) is 24.8 Å². The number of aromatic nitrogens is 1. The van der Waals surface area contributed by atoms with Crippen LogP contribution in [0.2, 0.25) is 5.15 Å². The molecular formula is C8H12Cl3N3O. The third-order valence-corrected chi connectivity index (χ3v) is 1.74. The summed E-state index contributed by atoms with van der Waals surface area (Å²) >= 11 is 5.68. The summed E-state index contributed by atoms with van der Waals surface area (Å²) in [7, 11) is 3.54. The maximum atomic E-state index is 10.9. The van der Waals surface area contributed by atoms with Gasteiger partial charge < -0.3 is 10.6 Å². The normalized spacial score (nSPS) is 8.47. The van der Waals surface area contributed by atoms with Crippen molar-refractivity contribution in [1.29, 1.82) is 0 Å². The number of pyridine rings is 1. The Labute approximate surface area is 106 Å². The summed E-state index contributed by atoms with van der Waals surface area (Å²) in [5.41, 5.74) is 5.52. The van der Waals surface area contributed by atoms with E-state index in [1.165, 1.54) is 6.07 Å². The van der Waals surface area contributed by atoms with Crippen LogP contribution in [0, 0.1) is 0 Å². The van der Waals surface area contributed by atoms with Gasteiger partial charge >= 0.3 is 0 Å². The molecule has 7 heteroatoms. The van der Waals surface area contributed by atoms with Crippen LogP contribution in [0.25, 0.3) is 0 Å². The minimum absolute atomic E-state index is 0. The van der Waals surface area contributed by atoms with E-state index in [0.717, 1.165) is 0 Å². The van der Waals surface area contributed by atoms with Crippen LogP contribution in [0.5, 0.6) is 0 Å². The molecule has 0 aliphatic carbocycles. The second-order valence-corrected chi connectivity index (χ2v) is 3.15. The number of rotatable bonds is 2. The number of halogens is 3. The quantitative estimate of drug-likeness (QED) is 0.834. The summed E-state index contributed by atoms with van der Waals surface area (Å²) in [6.07, 6.45) is 0. The average molecular weight is 273 g/mol. The highest BCUT2D eigenvalue weighted by Crippen LogP contribution is 2.17. The average Bonchev–Trinajstić information content (AvgIpc) is 2.03. The molecule has 1 amide bonds. The van der Waals surface area contributed by atoms with E-state index in [9.17, 15) is 4.79 Å². The van der Waals surface area contributed by atoms with Crippen LogP contribution in [0.1, 0.15) is 10.4 Å². The van der Waals surface area contributed by atoms with Crippen LogP contribution >= 0.6 is 36.4 Å². The highest BCUT2D eigenvalue weighted by Gasteiger charge is 2.11. The van der Waals surface area contributed by atoms with Crippen molar-refractivity contribution in [1.82, 2.24) is 4.98 Å². The Hall–Kier alpha value is -0.710. The number of hydrogen-bond donors (Lipinski definition) is 1.